The smallest absolute Gasteiger partial charge is 0.271 e. The van der Waals surface area contributed by atoms with Crippen LogP contribution in [0.5, 0.6) is 5.75 Å². The molecule has 0 saturated heterocycles. The molecule has 0 fully saturated rings. The number of nitrogens with zero attached hydrogens (tertiary/aromatic N) is 1. The molecule has 11 heteroatoms. The Morgan fingerprint density at radius 1 is 1.23 bits per heavy atom. The second-order valence-corrected chi connectivity index (χ2v) is 8.61. The first kappa shape index (κ1) is 23.6. The summed E-state index contributed by atoms with van der Waals surface area (Å²) in [6.45, 7) is 3.56. The lowest BCUT2D eigenvalue weighted by Gasteiger charge is -2.12. The Kier molecular flexibility index (Phi) is 8.16. The zero-order chi connectivity index (χ0) is 22.3. The van der Waals surface area contributed by atoms with Crippen LogP contribution >= 0.6 is 11.6 Å². The lowest BCUT2D eigenvalue weighted by molar-refractivity contribution is -0.384. The van der Waals surface area contributed by atoms with Crippen LogP contribution in [-0.4, -0.2) is 32.4 Å². The molecule has 0 aliphatic heterocycles. The standard InChI is InChI=1S/C19H22ClN3O6S/c1-3-4-9-21-30(27,28)15-7-8-18(16(20)11-15)29-12-19(24)22-17-10-14(23(25)26)6-5-13(17)2/h5-8,10-11,21H,3-4,9,12H2,1-2H3,(H,22,24). The Balaban J connectivity index is 2.02. The van der Waals surface area contributed by atoms with Gasteiger partial charge in [-0.15, -0.1) is 0 Å². The van der Waals surface area contributed by atoms with Gasteiger partial charge in [0.1, 0.15) is 5.75 Å². The SMILES string of the molecule is CCCCNS(=O)(=O)c1ccc(OCC(=O)Nc2cc([N+](=O)[O-])ccc2C)c(Cl)c1. The van der Waals surface area contributed by atoms with Gasteiger partial charge in [0.15, 0.2) is 6.61 Å². The van der Waals surface area contributed by atoms with Crippen molar-refractivity contribution in [1.29, 1.82) is 0 Å². The molecule has 0 atom stereocenters. The summed E-state index contributed by atoms with van der Waals surface area (Å²) in [4.78, 5) is 22.5. The Morgan fingerprint density at radius 2 is 1.97 bits per heavy atom. The van der Waals surface area contributed by atoms with Gasteiger partial charge >= 0.3 is 0 Å². The molecule has 0 heterocycles. The van der Waals surface area contributed by atoms with Gasteiger partial charge in [-0.1, -0.05) is 31.0 Å². The van der Waals surface area contributed by atoms with Crippen LogP contribution in [0.4, 0.5) is 11.4 Å². The van der Waals surface area contributed by atoms with Crippen molar-refractivity contribution in [2.24, 2.45) is 0 Å². The number of carbonyl (C=O) groups excluding carboxylic acids is 1. The zero-order valence-electron chi connectivity index (χ0n) is 16.5. The van der Waals surface area contributed by atoms with Crippen LogP contribution in [0.2, 0.25) is 5.02 Å². The van der Waals surface area contributed by atoms with Gasteiger partial charge in [-0.3, -0.25) is 14.9 Å². The third kappa shape index (κ3) is 6.41. The number of halogens is 1. The van der Waals surface area contributed by atoms with Crippen molar-refractivity contribution in [2.45, 2.75) is 31.6 Å². The van der Waals surface area contributed by atoms with Crippen LogP contribution in [0.3, 0.4) is 0 Å². The third-order valence-electron chi connectivity index (χ3n) is 4.10. The summed E-state index contributed by atoms with van der Waals surface area (Å²) in [7, 11) is -3.68. The van der Waals surface area contributed by atoms with E-state index < -0.39 is 27.5 Å². The second kappa shape index (κ2) is 10.4. The lowest BCUT2D eigenvalue weighted by atomic mass is 10.2. The van der Waals surface area contributed by atoms with Crippen LogP contribution < -0.4 is 14.8 Å². The molecule has 2 rings (SSSR count). The highest BCUT2D eigenvalue weighted by atomic mass is 35.5. The van der Waals surface area contributed by atoms with Crippen LogP contribution in [-0.2, 0) is 14.8 Å². The number of hydrogen-bond acceptors (Lipinski definition) is 6. The fraction of sp³-hybridized carbons (Fsp3) is 0.316. The number of anilines is 1. The van der Waals surface area contributed by atoms with Gasteiger partial charge in [0.05, 0.1) is 20.5 Å². The Bertz CT molecular complexity index is 1040. The molecule has 2 aromatic carbocycles. The van der Waals surface area contributed by atoms with Gasteiger partial charge in [-0.25, -0.2) is 13.1 Å². The topological polar surface area (TPSA) is 128 Å². The normalized spacial score (nSPS) is 11.2. The first-order valence-corrected chi connectivity index (χ1v) is 11.0. The predicted molar refractivity (Wildman–Crippen MR) is 114 cm³/mol. The molecule has 1 amide bonds. The number of benzene rings is 2. The molecule has 2 N–H and O–H groups in total. The number of unbranched alkanes of at least 4 members (excludes halogenated alkanes) is 1. The molecule has 0 aromatic heterocycles. The summed E-state index contributed by atoms with van der Waals surface area (Å²) in [5.74, 6) is -0.414. The van der Waals surface area contributed by atoms with Gasteiger partial charge in [0.25, 0.3) is 11.6 Å². The minimum Gasteiger partial charge on any atom is -0.482 e. The molecule has 0 aliphatic rings. The summed E-state index contributed by atoms with van der Waals surface area (Å²) < 4.78 is 32.3. The van der Waals surface area contributed by atoms with Gasteiger partial charge in [-0.2, -0.15) is 0 Å². The molecule has 9 nitrogen and oxygen atoms in total. The van der Waals surface area contributed by atoms with Crippen molar-refractivity contribution in [2.75, 3.05) is 18.5 Å². The highest BCUT2D eigenvalue weighted by Gasteiger charge is 2.16. The molecule has 0 bridgehead atoms. The van der Waals surface area contributed by atoms with E-state index in [2.05, 4.69) is 10.0 Å². The lowest BCUT2D eigenvalue weighted by Crippen LogP contribution is -2.24. The van der Waals surface area contributed by atoms with E-state index >= 15 is 0 Å². The van der Waals surface area contributed by atoms with Gasteiger partial charge < -0.3 is 10.1 Å². The maximum atomic E-state index is 12.2. The van der Waals surface area contributed by atoms with Gasteiger partial charge in [0, 0.05) is 18.7 Å². The van der Waals surface area contributed by atoms with Crippen molar-refractivity contribution in [1.82, 2.24) is 4.72 Å². The maximum Gasteiger partial charge on any atom is 0.271 e. The number of nitro benzene ring substituents is 1. The molecular formula is C19H22ClN3O6S. The van der Waals surface area contributed by atoms with E-state index in [-0.39, 0.29) is 21.4 Å². The second-order valence-electron chi connectivity index (χ2n) is 6.44. The van der Waals surface area contributed by atoms with E-state index in [4.69, 9.17) is 16.3 Å². The molecule has 0 unspecified atom stereocenters. The maximum absolute atomic E-state index is 12.2. The quantitative estimate of drug-likeness (QED) is 0.319. The van der Waals surface area contributed by atoms with E-state index in [1.54, 1.807) is 6.92 Å². The molecule has 2 aromatic rings. The largest absolute Gasteiger partial charge is 0.482 e. The Hall–Kier alpha value is -2.69. The average molecular weight is 456 g/mol. The summed E-state index contributed by atoms with van der Waals surface area (Å²) in [6, 6.07) is 8.06. The van der Waals surface area contributed by atoms with Gasteiger partial charge in [0.2, 0.25) is 10.0 Å². The predicted octanol–water partition coefficient (Wildman–Crippen LogP) is 3.65. The summed E-state index contributed by atoms with van der Waals surface area (Å²) in [6.07, 6.45) is 1.57. The number of ether oxygens (including phenoxy) is 1. The molecule has 0 spiro atoms. The number of nitrogens with one attached hydrogen (secondary N) is 2. The van der Waals surface area contributed by atoms with E-state index in [9.17, 15) is 23.3 Å². The van der Waals surface area contributed by atoms with Crippen LogP contribution in [0.1, 0.15) is 25.3 Å². The Morgan fingerprint density at radius 3 is 2.60 bits per heavy atom. The minimum atomic E-state index is -3.68. The zero-order valence-corrected chi connectivity index (χ0v) is 18.0. The van der Waals surface area contributed by atoms with Crippen molar-refractivity contribution in [3.05, 3.63) is 57.1 Å². The molecular weight excluding hydrogens is 434 g/mol. The van der Waals surface area contributed by atoms with E-state index in [1.165, 1.54) is 36.4 Å². The fourth-order valence-corrected chi connectivity index (χ4v) is 3.82. The van der Waals surface area contributed by atoms with Gasteiger partial charge in [-0.05, 0) is 37.1 Å². The molecule has 0 aliphatic carbocycles. The number of amides is 1. The van der Waals surface area contributed by atoms with Crippen molar-refractivity contribution >= 4 is 38.9 Å². The van der Waals surface area contributed by atoms with Crippen LogP contribution in [0.15, 0.2) is 41.3 Å². The fourth-order valence-electron chi connectivity index (χ4n) is 2.42. The van der Waals surface area contributed by atoms with E-state index in [1.807, 2.05) is 6.92 Å². The Labute approximate surface area is 179 Å². The average Bonchev–Trinajstić information content (AvgIpc) is 2.68. The summed E-state index contributed by atoms with van der Waals surface area (Å²) in [5, 5.41) is 13.5. The number of rotatable bonds is 10. The highest BCUT2D eigenvalue weighted by Crippen LogP contribution is 2.27. The first-order chi connectivity index (χ1) is 14.1. The van der Waals surface area contributed by atoms with Crippen LogP contribution in [0.25, 0.3) is 0 Å². The molecule has 30 heavy (non-hydrogen) atoms. The molecule has 162 valence electrons. The van der Waals surface area contributed by atoms with Crippen LogP contribution in [0, 0.1) is 17.0 Å². The third-order valence-corrected chi connectivity index (χ3v) is 5.85. The number of hydrogen-bond donors (Lipinski definition) is 2. The number of non-ortho nitro benzene ring substituents is 1. The number of carbonyl (C=O) groups is 1. The van der Waals surface area contributed by atoms with Crippen molar-refractivity contribution in [3.8, 4) is 5.75 Å². The van der Waals surface area contributed by atoms with Crippen molar-refractivity contribution < 1.29 is 22.9 Å². The summed E-state index contributed by atoms with van der Waals surface area (Å²) in [5.41, 5.74) is 0.796. The number of nitro groups is 1. The van der Waals surface area contributed by atoms with E-state index in [0.29, 0.717) is 24.2 Å². The molecule has 0 saturated carbocycles. The number of sulfonamides is 1. The van der Waals surface area contributed by atoms with Crippen molar-refractivity contribution in [3.63, 3.8) is 0 Å². The highest BCUT2D eigenvalue weighted by molar-refractivity contribution is 7.89. The minimum absolute atomic E-state index is 0.00683. The summed E-state index contributed by atoms with van der Waals surface area (Å²) >= 11 is 6.10. The number of aryl methyl sites for hydroxylation is 1. The first-order valence-electron chi connectivity index (χ1n) is 9.11. The monoisotopic (exact) mass is 455 g/mol. The molecule has 0 radical (unpaired) electrons. The van der Waals surface area contributed by atoms with E-state index in [0.717, 1.165) is 6.42 Å².